The molecule has 1 heterocycles. The van der Waals surface area contributed by atoms with Gasteiger partial charge in [-0.25, -0.2) is 4.79 Å². The fourth-order valence-electron chi connectivity index (χ4n) is 3.27. The van der Waals surface area contributed by atoms with Crippen molar-refractivity contribution in [2.24, 2.45) is 0 Å². The zero-order valence-corrected chi connectivity index (χ0v) is 18.5. The van der Waals surface area contributed by atoms with Crippen molar-refractivity contribution in [3.05, 3.63) is 83.1 Å². The molecule has 31 heavy (non-hydrogen) atoms. The number of allylic oxidation sites excluding steroid dienone is 1. The monoisotopic (exact) mass is 435 g/mol. The maximum Gasteiger partial charge on any atom is 0.338 e. The fourth-order valence-corrected chi connectivity index (χ4v) is 3.53. The summed E-state index contributed by atoms with van der Waals surface area (Å²) in [4.78, 5) is 26.8. The van der Waals surface area contributed by atoms with E-state index in [0.29, 0.717) is 16.4 Å². The average Bonchev–Trinajstić information content (AvgIpc) is 2.77. The van der Waals surface area contributed by atoms with Gasteiger partial charge in [-0.2, -0.15) is 0 Å². The summed E-state index contributed by atoms with van der Waals surface area (Å²) in [5, 5.41) is 6.57. The zero-order chi connectivity index (χ0) is 22.4. The molecule has 0 saturated heterocycles. The minimum atomic E-state index is -0.473. The van der Waals surface area contributed by atoms with E-state index in [1.165, 1.54) is 6.08 Å². The molecule has 1 aliphatic heterocycles. The van der Waals surface area contributed by atoms with Gasteiger partial charge in [0.2, 0.25) is 5.91 Å². The quantitative estimate of drug-likeness (QED) is 0.406. The van der Waals surface area contributed by atoms with Crippen LogP contribution in [0.1, 0.15) is 31.0 Å². The van der Waals surface area contributed by atoms with E-state index >= 15 is 0 Å². The second-order valence-corrected chi connectivity index (χ2v) is 7.41. The maximum atomic E-state index is 12.7. The number of rotatable bonds is 6. The Morgan fingerprint density at radius 3 is 2.65 bits per heavy atom. The lowest BCUT2D eigenvalue weighted by molar-refractivity contribution is -0.139. The Kier molecular flexibility index (Phi) is 7.20. The van der Waals surface area contributed by atoms with Crippen LogP contribution < -0.4 is 10.6 Å². The molecule has 160 valence electrons. The lowest BCUT2D eigenvalue weighted by Gasteiger charge is -2.35. The van der Waals surface area contributed by atoms with Gasteiger partial charge in [0.25, 0.3) is 0 Å². The third-order valence-corrected chi connectivity index (χ3v) is 5.36. The first-order chi connectivity index (χ1) is 14.9. The van der Waals surface area contributed by atoms with E-state index in [2.05, 4.69) is 10.6 Å². The number of benzene rings is 2. The minimum Gasteiger partial charge on any atom is -0.463 e. The van der Waals surface area contributed by atoms with Crippen LogP contribution >= 0.6 is 12.2 Å². The van der Waals surface area contributed by atoms with Crippen molar-refractivity contribution in [2.45, 2.75) is 19.9 Å². The average molecular weight is 436 g/mol. The van der Waals surface area contributed by atoms with Crippen molar-refractivity contribution in [1.82, 2.24) is 10.2 Å². The number of carbonyl (C=O) groups excluding carboxylic acids is 2. The Morgan fingerprint density at radius 2 is 1.94 bits per heavy atom. The van der Waals surface area contributed by atoms with Gasteiger partial charge in [-0.05, 0) is 55.4 Å². The van der Waals surface area contributed by atoms with Crippen LogP contribution in [0.5, 0.6) is 0 Å². The van der Waals surface area contributed by atoms with Gasteiger partial charge in [0.15, 0.2) is 5.11 Å². The van der Waals surface area contributed by atoms with E-state index in [1.54, 1.807) is 31.0 Å². The molecule has 1 unspecified atom stereocenters. The van der Waals surface area contributed by atoms with Gasteiger partial charge >= 0.3 is 5.97 Å². The van der Waals surface area contributed by atoms with Crippen molar-refractivity contribution in [3.8, 4) is 0 Å². The fraction of sp³-hybridized carbons (Fsp3) is 0.208. The maximum absolute atomic E-state index is 12.7. The third-order valence-electron chi connectivity index (χ3n) is 4.96. The SMILES string of the molecule is CCOC(=O)C1=C(C)N(C)C(=S)NC1c1cccc(NC(=O)C=Cc2ccccc2)c1. The summed E-state index contributed by atoms with van der Waals surface area (Å²) < 4.78 is 5.27. The lowest BCUT2D eigenvalue weighted by atomic mass is 9.95. The molecule has 2 aromatic rings. The summed E-state index contributed by atoms with van der Waals surface area (Å²) in [6, 6.07) is 16.5. The number of ether oxygens (including phenoxy) is 1. The van der Waals surface area contributed by atoms with Crippen molar-refractivity contribution < 1.29 is 14.3 Å². The van der Waals surface area contributed by atoms with Gasteiger partial charge in [0.05, 0.1) is 18.2 Å². The van der Waals surface area contributed by atoms with E-state index in [9.17, 15) is 9.59 Å². The number of esters is 1. The van der Waals surface area contributed by atoms with Gasteiger partial charge in [-0.1, -0.05) is 42.5 Å². The molecule has 0 fully saturated rings. The summed E-state index contributed by atoms with van der Waals surface area (Å²) in [6.07, 6.45) is 3.24. The smallest absolute Gasteiger partial charge is 0.338 e. The Balaban J connectivity index is 1.84. The predicted octanol–water partition coefficient (Wildman–Crippen LogP) is 4.04. The van der Waals surface area contributed by atoms with Crippen LogP contribution in [0.4, 0.5) is 5.69 Å². The van der Waals surface area contributed by atoms with E-state index in [0.717, 1.165) is 16.8 Å². The van der Waals surface area contributed by atoms with E-state index < -0.39 is 12.0 Å². The van der Waals surface area contributed by atoms with E-state index in [1.807, 2.05) is 55.5 Å². The van der Waals surface area contributed by atoms with Crippen molar-refractivity contribution in [3.63, 3.8) is 0 Å². The highest BCUT2D eigenvalue weighted by atomic mass is 32.1. The summed E-state index contributed by atoms with van der Waals surface area (Å²) >= 11 is 5.42. The van der Waals surface area contributed by atoms with Crippen molar-refractivity contribution in [2.75, 3.05) is 19.0 Å². The van der Waals surface area contributed by atoms with Crippen LogP contribution in [0.15, 0.2) is 71.9 Å². The predicted molar refractivity (Wildman–Crippen MR) is 126 cm³/mol. The first-order valence-corrected chi connectivity index (χ1v) is 10.4. The summed E-state index contributed by atoms with van der Waals surface area (Å²) in [5.74, 6) is -0.641. The first kappa shape index (κ1) is 22.2. The highest BCUT2D eigenvalue weighted by molar-refractivity contribution is 7.80. The number of hydrogen-bond donors (Lipinski definition) is 2. The highest BCUT2D eigenvalue weighted by Crippen LogP contribution is 2.31. The standard InChI is InChI=1S/C24H25N3O3S/c1-4-30-23(29)21-16(2)27(3)24(31)26-22(21)18-11-8-12-19(15-18)25-20(28)14-13-17-9-6-5-7-10-17/h5-15,22H,4H2,1-3H3,(H,25,28)(H,26,31). The van der Waals surface area contributed by atoms with Crippen molar-refractivity contribution in [1.29, 1.82) is 0 Å². The molecule has 1 aliphatic rings. The van der Waals surface area contributed by atoms with Crippen LogP contribution in [0.2, 0.25) is 0 Å². The second kappa shape index (κ2) is 10.0. The summed E-state index contributed by atoms with van der Waals surface area (Å²) in [7, 11) is 1.80. The molecule has 1 amide bonds. The van der Waals surface area contributed by atoms with Crippen LogP contribution in [0.25, 0.3) is 6.08 Å². The normalized spacial score (nSPS) is 16.3. The topological polar surface area (TPSA) is 70.7 Å². The molecule has 0 aliphatic carbocycles. The Bertz CT molecular complexity index is 1050. The molecular weight excluding hydrogens is 410 g/mol. The number of anilines is 1. The summed E-state index contributed by atoms with van der Waals surface area (Å²) in [5.41, 5.74) is 3.57. The number of thiocarbonyl (C=S) groups is 1. The molecule has 0 radical (unpaired) electrons. The van der Waals surface area contributed by atoms with Gasteiger partial charge in [-0.15, -0.1) is 0 Å². The lowest BCUT2D eigenvalue weighted by Crippen LogP contribution is -2.46. The zero-order valence-electron chi connectivity index (χ0n) is 17.7. The molecule has 0 bridgehead atoms. The van der Waals surface area contributed by atoms with Gasteiger partial charge in [-0.3, -0.25) is 4.79 Å². The van der Waals surface area contributed by atoms with Crippen LogP contribution in [0.3, 0.4) is 0 Å². The Morgan fingerprint density at radius 1 is 1.19 bits per heavy atom. The molecule has 0 spiro atoms. The minimum absolute atomic E-state index is 0.245. The molecule has 3 rings (SSSR count). The first-order valence-electron chi connectivity index (χ1n) is 9.97. The molecular formula is C24H25N3O3S. The molecule has 0 saturated carbocycles. The third kappa shape index (κ3) is 5.38. The molecule has 7 heteroatoms. The Labute approximate surface area is 187 Å². The van der Waals surface area contributed by atoms with E-state index in [4.69, 9.17) is 17.0 Å². The molecule has 0 aromatic heterocycles. The van der Waals surface area contributed by atoms with Crippen LogP contribution in [0, 0.1) is 0 Å². The molecule has 2 N–H and O–H groups in total. The van der Waals surface area contributed by atoms with Gasteiger partial charge in [0, 0.05) is 24.5 Å². The van der Waals surface area contributed by atoms with Crippen LogP contribution in [-0.2, 0) is 14.3 Å². The number of nitrogens with one attached hydrogen (secondary N) is 2. The van der Waals surface area contributed by atoms with E-state index in [-0.39, 0.29) is 12.5 Å². The van der Waals surface area contributed by atoms with Crippen molar-refractivity contribution >= 4 is 41.0 Å². The number of hydrogen-bond acceptors (Lipinski definition) is 4. The molecule has 6 nitrogen and oxygen atoms in total. The van der Waals surface area contributed by atoms with Crippen LogP contribution in [-0.4, -0.2) is 35.5 Å². The number of carbonyl (C=O) groups is 2. The van der Waals surface area contributed by atoms with Gasteiger partial charge in [0.1, 0.15) is 0 Å². The number of amides is 1. The number of nitrogens with zero attached hydrogens (tertiary/aromatic N) is 1. The molecule has 2 aromatic carbocycles. The Hall–Kier alpha value is -3.45. The van der Waals surface area contributed by atoms with Gasteiger partial charge < -0.3 is 20.3 Å². The second-order valence-electron chi connectivity index (χ2n) is 7.02. The molecule has 1 atom stereocenters. The summed E-state index contributed by atoms with van der Waals surface area (Å²) in [6.45, 7) is 3.89. The largest absolute Gasteiger partial charge is 0.463 e. The highest BCUT2D eigenvalue weighted by Gasteiger charge is 2.33.